The normalized spacial score (nSPS) is 33.3. The summed E-state index contributed by atoms with van der Waals surface area (Å²) >= 11 is 0. The van der Waals surface area contributed by atoms with Crippen LogP contribution in [0.4, 0.5) is 5.82 Å². The van der Waals surface area contributed by atoms with Gasteiger partial charge in [-0.3, -0.25) is 4.57 Å². The highest BCUT2D eigenvalue weighted by atomic mass is 31.2. The van der Waals surface area contributed by atoms with Crippen LogP contribution >= 0.6 is 6.89 Å². The number of fused-ring (bicyclic) bond motifs is 2. The highest BCUT2D eigenvalue weighted by Gasteiger charge is 2.61. The molecule has 0 aliphatic carbocycles. The molecule has 7 nitrogen and oxygen atoms in total. The van der Waals surface area contributed by atoms with Gasteiger partial charge in [-0.15, -0.1) is 13.2 Å². The average molecular weight is 341 g/mol. The molecule has 4 atom stereocenters. The molecule has 0 spiro atoms. The zero-order chi connectivity index (χ0) is 17.0. The van der Waals surface area contributed by atoms with Crippen LogP contribution < -0.4 is 11.4 Å². The molecule has 0 saturated carbocycles. The molecule has 0 unspecified atom stereocenters. The maximum Gasteiger partial charge on any atom is 0.351 e. The van der Waals surface area contributed by atoms with Crippen LogP contribution in [0.25, 0.3) is 0 Å². The van der Waals surface area contributed by atoms with Crippen LogP contribution in [0.1, 0.15) is 18.2 Å². The number of hydrogen-bond donors (Lipinski definition) is 2. The Kier molecular flexibility index (Phi) is 3.96. The van der Waals surface area contributed by atoms with E-state index in [1.54, 1.807) is 13.1 Å². The quantitative estimate of drug-likeness (QED) is 0.762. The maximum atomic E-state index is 12.1. The first-order chi connectivity index (χ1) is 10.6. The van der Waals surface area contributed by atoms with Gasteiger partial charge in [0, 0.05) is 11.8 Å². The van der Waals surface area contributed by atoms with Gasteiger partial charge in [-0.25, -0.2) is 4.79 Å². The predicted molar refractivity (Wildman–Crippen MR) is 91.6 cm³/mol. The van der Waals surface area contributed by atoms with Crippen molar-refractivity contribution in [3.05, 3.63) is 22.2 Å². The number of aliphatic hydroxyl groups is 1. The fourth-order valence-corrected chi connectivity index (χ4v) is 4.09. The minimum atomic E-state index is -1.24. The van der Waals surface area contributed by atoms with Crippen LogP contribution in [0.5, 0.6) is 0 Å². The molecule has 2 aliphatic rings. The Labute approximate surface area is 135 Å². The molecule has 3 N–H and O–H groups in total. The van der Waals surface area contributed by atoms with Crippen molar-refractivity contribution in [2.45, 2.75) is 37.4 Å². The molecule has 8 heteroatoms. The Bertz CT molecular complexity index is 728. The number of nitrogens with two attached hydrogens (primary N) is 1. The molecule has 1 aromatic heterocycles. The first kappa shape index (κ1) is 16.7. The third-order valence-corrected chi connectivity index (χ3v) is 6.03. The Morgan fingerprint density at radius 1 is 1.61 bits per heavy atom. The lowest BCUT2D eigenvalue weighted by atomic mass is 9.96. The number of ether oxygens (including phenoxy) is 2. The van der Waals surface area contributed by atoms with E-state index >= 15 is 0 Å². The van der Waals surface area contributed by atoms with Gasteiger partial charge < -0.3 is 20.3 Å². The van der Waals surface area contributed by atoms with E-state index in [0.29, 0.717) is 18.6 Å². The summed E-state index contributed by atoms with van der Waals surface area (Å²) in [5.74, 6) is 0.203. The first-order valence-electron chi connectivity index (χ1n) is 7.63. The summed E-state index contributed by atoms with van der Waals surface area (Å²) in [5, 5.41) is 10.6. The van der Waals surface area contributed by atoms with E-state index in [1.165, 1.54) is 4.57 Å². The third kappa shape index (κ3) is 2.87. The number of aryl methyl sites for hydroxylation is 1. The van der Waals surface area contributed by atoms with Gasteiger partial charge >= 0.3 is 5.69 Å². The summed E-state index contributed by atoms with van der Waals surface area (Å²) in [7, 11) is 0. The topological polar surface area (TPSA) is 99.6 Å². The lowest BCUT2D eigenvalue weighted by Gasteiger charge is -2.32. The number of rotatable bonds is 4. The highest BCUT2D eigenvalue weighted by molar-refractivity contribution is 7.72. The Balaban J connectivity index is 1.89. The number of nitrogen functional groups attached to an aromatic ring is 1. The molecule has 2 saturated heterocycles. The second kappa shape index (κ2) is 5.45. The van der Waals surface area contributed by atoms with E-state index in [1.807, 2.05) is 0 Å². The minimum Gasteiger partial charge on any atom is -0.387 e. The summed E-state index contributed by atoms with van der Waals surface area (Å²) in [4.78, 5) is 15.9. The van der Waals surface area contributed by atoms with Crippen LogP contribution in [0, 0.1) is 6.92 Å². The SMILES string of the molecule is C=P(C)(C)CC[C@@]12CO[C@@H]([C@H](n3cc(C)c(N)nc3=O)O1)[C@@H]2O. The number of anilines is 1. The molecule has 0 radical (unpaired) electrons. The Morgan fingerprint density at radius 2 is 2.30 bits per heavy atom. The average Bonchev–Trinajstić information content (AvgIpc) is 2.91. The van der Waals surface area contributed by atoms with Crippen LogP contribution in [0.15, 0.2) is 11.0 Å². The second-order valence-corrected chi connectivity index (χ2v) is 11.5. The Morgan fingerprint density at radius 3 is 2.96 bits per heavy atom. The number of aromatic nitrogens is 2. The van der Waals surface area contributed by atoms with E-state index in [9.17, 15) is 9.90 Å². The van der Waals surface area contributed by atoms with Gasteiger partial charge in [-0.2, -0.15) is 4.98 Å². The van der Waals surface area contributed by atoms with Crippen LogP contribution in [0.3, 0.4) is 0 Å². The number of nitrogens with zero attached hydrogens (tertiary/aromatic N) is 2. The van der Waals surface area contributed by atoms with Crippen LogP contribution in [-0.4, -0.2) is 64.9 Å². The minimum absolute atomic E-state index is 0.203. The third-order valence-electron chi connectivity index (χ3n) is 4.60. The van der Waals surface area contributed by atoms with Gasteiger partial charge in [0.1, 0.15) is 23.6 Å². The maximum absolute atomic E-state index is 12.1. The van der Waals surface area contributed by atoms with Crippen molar-refractivity contribution in [3.63, 3.8) is 0 Å². The highest BCUT2D eigenvalue weighted by Crippen LogP contribution is 2.49. The van der Waals surface area contributed by atoms with Gasteiger partial charge in [-0.05, 0) is 32.8 Å². The van der Waals surface area contributed by atoms with E-state index < -0.39 is 36.6 Å². The Hall–Kier alpha value is -1.14. The van der Waals surface area contributed by atoms with Crippen molar-refractivity contribution in [2.75, 3.05) is 31.8 Å². The number of aliphatic hydroxyl groups excluding tert-OH is 1. The summed E-state index contributed by atoms with van der Waals surface area (Å²) in [5.41, 5.74) is 5.09. The van der Waals surface area contributed by atoms with Crippen molar-refractivity contribution in [1.29, 1.82) is 0 Å². The molecule has 3 rings (SSSR count). The molecule has 2 fully saturated rings. The summed E-state index contributed by atoms with van der Waals surface area (Å²) in [6, 6.07) is 0. The van der Waals surface area contributed by atoms with Crippen molar-refractivity contribution < 1.29 is 14.6 Å². The predicted octanol–water partition coefficient (Wildman–Crippen LogP) is 0.261. The van der Waals surface area contributed by atoms with Crippen LogP contribution in [-0.2, 0) is 9.47 Å². The zero-order valence-electron chi connectivity index (χ0n) is 13.7. The summed E-state index contributed by atoms with van der Waals surface area (Å²) < 4.78 is 13.2. The molecule has 128 valence electrons. The molecular formula is C15H24N3O4P. The van der Waals surface area contributed by atoms with E-state index in [4.69, 9.17) is 15.2 Å². The van der Waals surface area contributed by atoms with Crippen molar-refractivity contribution in [3.8, 4) is 0 Å². The fourth-order valence-electron chi connectivity index (χ4n) is 3.11. The molecule has 0 amide bonds. The molecule has 2 bridgehead atoms. The van der Waals surface area contributed by atoms with Gasteiger partial charge in [-0.1, -0.05) is 0 Å². The molecule has 23 heavy (non-hydrogen) atoms. The van der Waals surface area contributed by atoms with Crippen molar-refractivity contribution >= 4 is 19.0 Å². The van der Waals surface area contributed by atoms with Crippen LogP contribution in [0.2, 0.25) is 0 Å². The van der Waals surface area contributed by atoms with E-state index in [-0.39, 0.29) is 5.82 Å². The molecule has 2 aliphatic heterocycles. The standard InChI is InChI=1S/C15H24N3O4P/c1-9-7-18(14(20)17-12(9)16)13-10-11(19)15(22-13,8-21-10)5-6-23(2,3)4/h7,10-11,13,19H,2,5-6,8H2,1,3-4H3,(H2,16,17,20)/t10-,11+,13-,15+/m1/s1. The van der Waals surface area contributed by atoms with E-state index in [2.05, 4.69) is 24.6 Å². The van der Waals surface area contributed by atoms with E-state index in [0.717, 1.165) is 6.16 Å². The van der Waals surface area contributed by atoms with Gasteiger partial charge in [0.25, 0.3) is 0 Å². The van der Waals surface area contributed by atoms with Crippen molar-refractivity contribution in [2.24, 2.45) is 0 Å². The molecular weight excluding hydrogens is 317 g/mol. The molecule has 1 aromatic rings. The largest absolute Gasteiger partial charge is 0.387 e. The first-order valence-corrected chi connectivity index (χ1v) is 10.7. The molecule has 3 heterocycles. The van der Waals surface area contributed by atoms with Gasteiger partial charge in [0.15, 0.2) is 6.23 Å². The summed E-state index contributed by atoms with van der Waals surface area (Å²) in [6.45, 7) is 5.16. The van der Waals surface area contributed by atoms with Gasteiger partial charge in [0.05, 0.1) is 6.61 Å². The number of hydrogen-bond acceptors (Lipinski definition) is 6. The smallest absolute Gasteiger partial charge is 0.351 e. The lowest BCUT2D eigenvalue weighted by molar-refractivity contribution is -0.175. The van der Waals surface area contributed by atoms with Crippen molar-refractivity contribution in [1.82, 2.24) is 9.55 Å². The fraction of sp³-hybridized carbons (Fsp3) is 0.667. The second-order valence-electron chi connectivity index (χ2n) is 7.20. The lowest BCUT2D eigenvalue weighted by Crippen LogP contribution is -2.42. The molecule has 0 aromatic carbocycles. The summed E-state index contributed by atoms with van der Waals surface area (Å²) in [6.07, 6.45) is 5.37. The zero-order valence-corrected chi connectivity index (χ0v) is 14.6. The van der Waals surface area contributed by atoms with Gasteiger partial charge in [0.2, 0.25) is 0 Å². The monoisotopic (exact) mass is 341 g/mol.